The van der Waals surface area contributed by atoms with Crippen LogP contribution in [0, 0.1) is 0 Å². The van der Waals surface area contributed by atoms with E-state index in [9.17, 15) is 8.42 Å². The quantitative estimate of drug-likeness (QED) is 0.465. The van der Waals surface area contributed by atoms with Crippen molar-refractivity contribution in [3.05, 3.63) is 65.5 Å². The van der Waals surface area contributed by atoms with Crippen molar-refractivity contribution in [1.29, 1.82) is 0 Å². The van der Waals surface area contributed by atoms with Gasteiger partial charge in [-0.25, -0.2) is 17.4 Å². The van der Waals surface area contributed by atoms with E-state index in [1.165, 1.54) is 10.2 Å². The molecule has 0 spiro atoms. The molecule has 4 rings (SSSR count). The molecular weight excluding hydrogens is 428 g/mol. The van der Waals surface area contributed by atoms with E-state index in [4.69, 9.17) is 0 Å². The summed E-state index contributed by atoms with van der Waals surface area (Å²) in [5.41, 5.74) is 1.99. The first-order valence-electron chi connectivity index (χ1n) is 8.40. The minimum Gasteiger partial charge on any atom is -0.268 e. The average molecular weight is 445 g/mol. The highest BCUT2D eigenvalue weighted by Gasteiger charge is 2.20. The van der Waals surface area contributed by atoms with Gasteiger partial charge in [0.1, 0.15) is 5.69 Å². The molecule has 27 heavy (non-hydrogen) atoms. The third-order valence-electron chi connectivity index (χ3n) is 4.28. The fourth-order valence-electron chi connectivity index (χ4n) is 2.86. The smallest absolute Gasteiger partial charge is 0.268 e. The lowest BCUT2D eigenvalue weighted by molar-refractivity contribution is 0.534. The van der Waals surface area contributed by atoms with Crippen LogP contribution in [0.2, 0.25) is 0 Å². The Labute approximate surface area is 165 Å². The minimum absolute atomic E-state index is 0.229. The van der Waals surface area contributed by atoms with Gasteiger partial charge in [-0.3, -0.25) is 4.68 Å². The molecule has 0 bridgehead atoms. The molecule has 3 heterocycles. The summed E-state index contributed by atoms with van der Waals surface area (Å²) < 4.78 is 29.7. The summed E-state index contributed by atoms with van der Waals surface area (Å²) in [6.07, 6.45) is 5.11. The van der Waals surface area contributed by atoms with Gasteiger partial charge in [0.25, 0.3) is 10.0 Å². The molecule has 0 unspecified atom stereocenters. The largest absolute Gasteiger partial charge is 0.269 e. The van der Waals surface area contributed by atoms with E-state index < -0.39 is 10.0 Å². The van der Waals surface area contributed by atoms with Crippen LogP contribution in [0.15, 0.2) is 70.4 Å². The maximum atomic E-state index is 12.9. The highest BCUT2D eigenvalue weighted by Crippen LogP contribution is 2.30. The number of rotatable bonds is 4. The molecule has 0 atom stereocenters. The monoisotopic (exact) mass is 444 g/mol. The topological polar surface area (TPSA) is 69.8 Å². The second kappa shape index (κ2) is 6.61. The number of nitrogens with zero attached hydrogens (tertiary/aromatic N) is 4. The van der Waals surface area contributed by atoms with Crippen molar-refractivity contribution in [2.24, 2.45) is 0 Å². The summed E-state index contributed by atoms with van der Waals surface area (Å²) in [7, 11) is -3.69. The molecule has 3 aromatic heterocycles. The number of aromatic nitrogens is 4. The Kier molecular flexibility index (Phi) is 4.39. The summed E-state index contributed by atoms with van der Waals surface area (Å²) >= 11 is 3.54. The first kappa shape index (κ1) is 17.9. The van der Waals surface area contributed by atoms with Gasteiger partial charge in [0, 0.05) is 35.6 Å². The van der Waals surface area contributed by atoms with Crippen LogP contribution in [0.4, 0.5) is 0 Å². The molecule has 4 aromatic rings. The zero-order valence-corrected chi connectivity index (χ0v) is 17.1. The van der Waals surface area contributed by atoms with Gasteiger partial charge >= 0.3 is 0 Å². The highest BCUT2D eigenvalue weighted by atomic mass is 79.9. The molecule has 0 radical (unpaired) electrons. The number of hydrogen-bond donors (Lipinski definition) is 0. The predicted molar refractivity (Wildman–Crippen MR) is 108 cm³/mol. The Morgan fingerprint density at radius 1 is 1.11 bits per heavy atom. The molecule has 0 saturated carbocycles. The SMILES string of the molecule is CC(C)n1cc(Br)c(-c2cnc3c(ccn3S(=O)(=O)c3ccccc3)c2)n1. The first-order valence-corrected chi connectivity index (χ1v) is 10.6. The Morgan fingerprint density at radius 2 is 1.85 bits per heavy atom. The zero-order valence-electron chi connectivity index (χ0n) is 14.7. The van der Waals surface area contributed by atoms with Gasteiger partial charge in [0.05, 0.1) is 9.37 Å². The zero-order chi connectivity index (χ0) is 19.2. The van der Waals surface area contributed by atoms with E-state index in [1.807, 2.05) is 16.9 Å². The molecule has 1 aromatic carbocycles. The normalized spacial score (nSPS) is 12.1. The highest BCUT2D eigenvalue weighted by molar-refractivity contribution is 9.10. The summed E-state index contributed by atoms with van der Waals surface area (Å²) in [6.45, 7) is 4.11. The van der Waals surface area contributed by atoms with Crippen LogP contribution >= 0.6 is 15.9 Å². The third kappa shape index (κ3) is 3.08. The van der Waals surface area contributed by atoms with E-state index >= 15 is 0 Å². The van der Waals surface area contributed by atoms with Gasteiger partial charge in [0.15, 0.2) is 5.65 Å². The first-order chi connectivity index (χ1) is 12.9. The Hall–Kier alpha value is -2.45. The van der Waals surface area contributed by atoms with E-state index in [0.717, 1.165) is 21.1 Å². The van der Waals surface area contributed by atoms with Crippen LogP contribution in [0.3, 0.4) is 0 Å². The second-order valence-electron chi connectivity index (χ2n) is 6.47. The van der Waals surface area contributed by atoms with Crippen molar-refractivity contribution < 1.29 is 8.42 Å². The molecule has 0 N–H and O–H groups in total. The number of fused-ring (bicyclic) bond motifs is 1. The molecule has 0 fully saturated rings. The summed E-state index contributed by atoms with van der Waals surface area (Å²) in [6, 6.07) is 12.2. The van der Waals surface area contributed by atoms with Crippen molar-refractivity contribution in [2.75, 3.05) is 0 Å². The number of hydrogen-bond acceptors (Lipinski definition) is 4. The molecule has 8 heteroatoms. The number of benzene rings is 1. The van der Waals surface area contributed by atoms with Crippen molar-refractivity contribution in [1.82, 2.24) is 18.7 Å². The maximum absolute atomic E-state index is 12.9. The third-order valence-corrected chi connectivity index (χ3v) is 6.54. The summed E-state index contributed by atoms with van der Waals surface area (Å²) in [5, 5.41) is 5.33. The molecule has 0 aliphatic heterocycles. The van der Waals surface area contributed by atoms with E-state index in [0.29, 0.717) is 5.65 Å². The van der Waals surface area contributed by atoms with Crippen LogP contribution in [-0.4, -0.2) is 27.2 Å². The number of pyridine rings is 1. The standard InChI is InChI=1S/C19H17BrN4O2S/c1-13(2)23-12-17(20)18(22-23)15-10-14-8-9-24(19(14)21-11-15)27(25,26)16-6-4-3-5-7-16/h3-13H,1-2H3. The van der Waals surface area contributed by atoms with E-state index in [-0.39, 0.29) is 10.9 Å². The van der Waals surface area contributed by atoms with Gasteiger partial charge < -0.3 is 0 Å². The fourth-order valence-corrected chi connectivity index (χ4v) is 4.71. The van der Waals surface area contributed by atoms with Crippen LogP contribution in [-0.2, 0) is 10.0 Å². The Morgan fingerprint density at radius 3 is 2.52 bits per heavy atom. The lowest BCUT2D eigenvalue weighted by Crippen LogP contribution is -2.12. The predicted octanol–water partition coefficient (Wildman–Crippen LogP) is 4.48. The van der Waals surface area contributed by atoms with Crippen molar-refractivity contribution in [3.63, 3.8) is 0 Å². The van der Waals surface area contributed by atoms with Gasteiger partial charge in [-0.05, 0) is 54.0 Å². The molecule has 6 nitrogen and oxygen atoms in total. The fraction of sp³-hybridized carbons (Fsp3) is 0.158. The van der Waals surface area contributed by atoms with Crippen molar-refractivity contribution in [2.45, 2.75) is 24.8 Å². The van der Waals surface area contributed by atoms with E-state index in [1.54, 1.807) is 42.6 Å². The van der Waals surface area contributed by atoms with Gasteiger partial charge in [-0.2, -0.15) is 5.10 Å². The van der Waals surface area contributed by atoms with Gasteiger partial charge in [-0.1, -0.05) is 18.2 Å². The second-order valence-corrected chi connectivity index (χ2v) is 9.14. The van der Waals surface area contributed by atoms with Gasteiger partial charge in [-0.15, -0.1) is 0 Å². The number of halogens is 1. The maximum Gasteiger partial charge on any atom is 0.269 e. The molecule has 0 amide bonds. The molecular formula is C19H17BrN4O2S. The van der Waals surface area contributed by atoms with Crippen LogP contribution in [0.5, 0.6) is 0 Å². The lowest BCUT2D eigenvalue weighted by atomic mass is 10.2. The lowest BCUT2D eigenvalue weighted by Gasteiger charge is -2.07. The Bertz CT molecular complexity index is 1230. The van der Waals surface area contributed by atoms with Crippen LogP contribution in [0.25, 0.3) is 22.3 Å². The van der Waals surface area contributed by atoms with Crippen molar-refractivity contribution >= 4 is 37.0 Å². The molecule has 138 valence electrons. The molecule has 0 aliphatic rings. The molecule has 0 aliphatic carbocycles. The van der Waals surface area contributed by atoms with Crippen LogP contribution in [0.1, 0.15) is 19.9 Å². The van der Waals surface area contributed by atoms with E-state index in [2.05, 4.69) is 39.9 Å². The summed E-state index contributed by atoms with van der Waals surface area (Å²) in [5.74, 6) is 0. The average Bonchev–Trinajstić information content (AvgIpc) is 3.26. The van der Waals surface area contributed by atoms with Crippen LogP contribution < -0.4 is 0 Å². The molecule has 0 saturated heterocycles. The van der Waals surface area contributed by atoms with Crippen molar-refractivity contribution in [3.8, 4) is 11.3 Å². The minimum atomic E-state index is -3.69. The van der Waals surface area contributed by atoms with Gasteiger partial charge in [0.2, 0.25) is 0 Å². The Balaban J connectivity index is 1.81. The summed E-state index contributed by atoms with van der Waals surface area (Å²) in [4.78, 5) is 4.65.